The lowest BCUT2D eigenvalue weighted by Crippen LogP contribution is -2.15. The quantitative estimate of drug-likeness (QED) is 0.736. The summed E-state index contributed by atoms with van der Waals surface area (Å²) in [6, 6.07) is 0. The molecule has 6 nitrogen and oxygen atoms in total. The summed E-state index contributed by atoms with van der Waals surface area (Å²) >= 11 is 0. The highest BCUT2D eigenvalue weighted by atomic mass is 16.5. The van der Waals surface area contributed by atoms with Crippen molar-refractivity contribution in [1.29, 1.82) is 0 Å². The SMILES string of the molecule is COC(C)Cn1cc(CCC(=O)O)nn1. The summed E-state index contributed by atoms with van der Waals surface area (Å²) in [6.45, 7) is 2.55. The van der Waals surface area contributed by atoms with Gasteiger partial charge in [-0.1, -0.05) is 5.21 Å². The molecule has 0 aliphatic heterocycles. The van der Waals surface area contributed by atoms with E-state index in [0.717, 1.165) is 0 Å². The Hall–Kier alpha value is -1.43. The van der Waals surface area contributed by atoms with Crippen molar-refractivity contribution in [1.82, 2.24) is 15.0 Å². The van der Waals surface area contributed by atoms with E-state index in [4.69, 9.17) is 9.84 Å². The fourth-order valence-electron chi connectivity index (χ4n) is 1.12. The third-order valence-corrected chi connectivity index (χ3v) is 2.03. The number of methoxy groups -OCH3 is 1. The molecule has 1 rings (SSSR count). The summed E-state index contributed by atoms with van der Waals surface area (Å²) in [4.78, 5) is 10.3. The maximum absolute atomic E-state index is 10.3. The molecule has 1 atom stereocenters. The van der Waals surface area contributed by atoms with Crippen molar-refractivity contribution in [2.24, 2.45) is 0 Å². The molecular weight excluding hydrogens is 198 g/mol. The second-order valence-electron chi connectivity index (χ2n) is 3.37. The van der Waals surface area contributed by atoms with Gasteiger partial charge >= 0.3 is 5.97 Å². The molecule has 1 heterocycles. The molecule has 15 heavy (non-hydrogen) atoms. The molecule has 6 heteroatoms. The normalized spacial score (nSPS) is 12.7. The van der Waals surface area contributed by atoms with Crippen LogP contribution >= 0.6 is 0 Å². The maximum atomic E-state index is 10.3. The number of aliphatic carboxylic acids is 1. The second kappa shape index (κ2) is 5.45. The number of carboxylic acid groups (broad SMARTS) is 1. The lowest BCUT2D eigenvalue weighted by molar-refractivity contribution is -0.136. The first-order valence-corrected chi connectivity index (χ1v) is 4.75. The van der Waals surface area contributed by atoms with Gasteiger partial charge in [-0.3, -0.25) is 4.79 Å². The molecule has 0 amide bonds. The molecule has 84 valence electrons. The number of aromatic nitrogens is 3. The predicted molar refractivity (Wildman–Crippen MR) is 52.4 cm³/mol. The number of ether oxygens (including phenoxy) is 1. The molecule has 1 aromatic heterocycles. The summed E-state index contributed by atoms with van der Waals surface area (Å²) in [5, 5.41) is 16.2. The highest BCUT2D eigenvalue weighted by Crippen LogP contribution is 2.00. The first-order chi connectivity index (χ1) is 7.11. The lowest BCUT2D eigenvalue weighted by atomic mass is 10.2. The van der Waals surface area contributed by atoms with Crippen molar-refractivity contribution < 1.29 is 14.6 Å². The van der Waals surface area contributed by atoms with Gasteiger partial charge in [-0.2, -0.15) is 0 Å². The Balaban J connectivity index is 2.45. The van der Waals surface area contributed by atoms with Crippen molar-refractivity contribution in [3.05, 3.63) is 11.9 Å². The first-order valence-electron chi connectivity index (χ1n) is 4.75. The zero-order valence-electron chi connectivity index (χ0n) is 8.88. The highest BCUT2D eigenvalue weighted by Gasteiger charge is 2.06. The van der Waals surface area contributed by atoms with E-state index in [1.807, 2.05) is 6.92 Å². The molecule has 0 saturated heterocycles. The largest absolute Gasteiger partial charge is 0.481 e. The van der Waals surface area contributed by atoms with E-state index in [-0.39, 0.29) is 12.5 Å². The molecule has 0 aliphatic carbocycles. The van der Waals surface area contributed by atoms with Crippen LogP contribution in [0.4, 0.5) is 0 Å². The minimum atomic E-state index is -0.824. The Labute approximate surface area is 87.9 Å². The monoisotopic (exact) mass is 213 g/mol. The van der Waals surface area contributed by atoms with E-state index in [9.17, 15) is 4.79 Å². The van der Waals surface area contributed by atoms with Gasteiger partial charge in [0.05, 0.1) is 24.8 Å². The molecule has 0 spiro atoms. The van der Waals surface area contributed by atoms with Crippen molar-refractivity contribution in [2.45, 2.75) is 32.4 Å². The average Bonchev–Trinajstić information content (AvgIpc) is 2.62. The van der Waals surface area contributed by atoms with Gasteiger partial charge in [-0.15, -0.1) is 5.10 Å². The second-order valence-corrected chi connectivity index (χ2v) is 3.37. The van der Waals surface area contributed by atoms with Crippen LogP contribution in [0.3, 0.4) is 0 Å². The Kier molecular flexibility index (Phi) is 4.23. The van der Waals surface area contributed by atoms with Gasteiger partial charge in [-0.25, -0.2) is 4.68 Å². The van der Waals surface area contributed by atoms with E-state index in [2.05, 4.69) is 10.3 Å². The summed E-state index contributed by atoms with van der Waals surface area (Å²) < 4.78 is 6.74. The van der Waals surface area contributed by atoms with Crippen LogP contribution in [0.5, 0.6) is 0 Å². The van der Waals surface area contributed by atoms with Crippen LogP contribution in [0, 0.1) is 0 Å². The standard InChI is InChI=1S/C9H15N3O3/c1-7(15-2)5-12-6-8(10-11-12)3-4-9(13)14/h6-7H,3-5H2,1-2H3,(H,13,14). The van der Waals surface area contributed by atoms with Crippen molar-refractivity contribution in [3.63, 3.8) is 0 Å². The van der Waals surface area contributed by atoms with Crippen LogP contribution < -0.4 is 0 Å². The van der Waals surface area contributed by atoms with E-state index < -0.39 is 5.97 Å². The van der Waals surface area contributed by atoms with Crippen LogP contribution in [0.15, 0.2) is 6.20 Å². The molecular formula is C9H15N3O3. The Bertz CT molecular complexity index is 324. The molecule has 0 saturated carbocycles. The molecule has 0 fully saturated rings. The lowest BCUT2D eigenvalue weighted by Gasteiger charge is -2.07. The Morgan fingerprint density at radius 1 is 1.73 bits per heavy atom. The zero-order valence-corrected chi connectivity index (χ0v) is 8.88. The Morgan fingerprint density at radius 3 is 3.07 bits per heavy atom. The fraction of sp³-hybridized carbons (Fsp3) is 0.667. The number of nitrogens with zero attached hydrogens (tertiary/aromatic N) is 3. The summed E-state index contributed by atoms with van der Waals surface area (Å²) in [5.74, 6) is -0.824. The van der Waals surface area contributed by atoms with Gasteiger partial charge in [0.25, 0.3) is 0 Å². The molecule has 1 unspecified atom stereocenters. The van der Waals surface area contributed by atoms with Crippen LogP contribution in [-0.4, -0.2) is 39.3 Å². The van der Waals surface area contributed by atoms with E-state index >= 15 is 0 Å². The molecule has 0 radical (unpaired) electrons. The van der Waals surface area contributed by atoms with Gasteiger partial charge in [-0.05, 0) is 6.92 Å². The number of aryl methyl sites for hydroxylation is 1. The topological polar surface area (TPSA) is 77.2 Å². The molecule has 0 bridgehead atoms. The molecule has 1 N–H and O–H groups in total. The van der Waals surface area contributed by atoms with Gasteiger partial charge in [0.1, 0.15) is 0 Å². The van der Waals surface area contributed by atoms with E-state index in [1.54, 1.807) is 18.0 Å². The van der Waals surface area contributed by atoms with Crippen LogP contribution in [0.25, 0.3) is 0 Å². The van der Waals surface area contributed by atoms with Crippen LogP contribution in [0.1, 0.15) is 19.0 Å². The third-order valence-electron chi connectivity index (χ3n) is 2.03. The fourth-order valence-corrected chi connectivity index (χ4v) is 1.12. The van der Waals surface area contributed by atoms with Gasteiger partial charge < -0.3 is 9.84 Å². The van der Waals surface area contributed by atoms with Crippen molar-refractivity contribution in [2.75, 3.05) is 7.11 Å². The molecule has 0 aromatic carbocycles. The van der Waals surface area contributed by atoms with Gasteiger partial charge in [0.2, 0.25) is 0 Å². The molecule has 0 aliphatic rings. The number of hydrogen-bond acceptors (Lipinski definition) is 4. The van der Waals surface area contributed by atoms with E-state index in [1.165, 1.54) is 0 Å². The number of rotatable bonds is 6. The van der Waals surface area contributed by atoms with Gasteiger partial charge in [0.15, 0.2) is 0 Å². The number of carbonyl (C=O) groups is 1. The Morgan fingerprint density at radius 2 is 2.47 bits per heavy atom. The highest BCUT2D eigenvalue weighted by molar-refractivity contribution is 5.66. The molecule has 1 aromatic rings. The number of hydrogen-bond donors (Lipinski definition) is 1. The van der Waals surface area contributed by atoms with E-state index in [0.29, 0.717) is 18.7 Å². The van der Waals surface area contributed by atoms with Crippen LogP contribution in [-0.2, 0) is 22.5 Å². The van der Waals surface area contributed by atoms with Crippen LogP contribution in [0.2, 0.25) is 0 Å². The zero-order chi connectivity index (χ0) is 11.3. The third kappa shape index (κ3) is 4.07. The minimum absolute atomic E-state index is 0.0685. The number of carboxylic acids is 1. The van der Waals surface area contributed by atoms with Crippen molar-refractivity contribution in [3.8, 4) is 0 Å². The average molecular weight is 213 g/mol. The summed E-state index contributed by atoms with van der Waals surface area (Å²) in [5.41, 5.74) is 0.695. The maximum Gasteiger partial charge on any atom is 0.303 e. The predicted octanol–water partition coefficient (Wildman–Crippen LogP) is 0.330. The smallest absolute Gasteiger partial charge is 0.303 e. The first kappa shape index (κ1) is 11.6. The minimum Gasteiger partial charge on any atom is -0.481 e. The summed E-state index contributed by atoms with van der Waals surface area (Å²) in [6.07, 6.45) is 2.31. The van der Waals surface area contributed by atoms with Crippen molar-refractivity contribution >= 4 is 5.97 Å². The van der Waals surface area contributed by atoms with Gasteiger partial charge in [0, 0.05) is 19.7 Å². The summed E-state index contributed by atoms with van der Waals surface area (Å²) in [7, 11) is 1.63.